The van der Waals surface area contributed by atoms with Gasteiger partial charge in [-0.1, -0.05) is 20.8 Å². The van der Waals surface area contributed by atoms with Gasteiger partial charge in [-0.2, -0.15) is 5.10 Å². The van der Waals surface area contributed by atoms with E-state index in [1.165, 1.54) is 0 Å². The second kappa shape index (κ2) is 2.80. The molecule has 0 unspecified atom stereocenters. The van der Waals surface area contributed by atoms with E-state index in [-0.39, 0.29) is 5.41 Å². The predicted octanol–water partition coefficient (Wildman–Crippen LogP) is 2.56. The van der Waals surface area contributed by atoms with Crippen LogP contribution in [0.5, 0.6) is 0 Å². The molecule has 0 saturated heterocycles. The van der Waals surface area contributed by atoms with E-state index >= 15 is 0 Å². The van der Waals surface area contributed by atoms with Gasteiger partial charge in [0.25, 0.3) is 0 Å². The maximum atomic E-state index is 4.58. The zero-order valence-corrected chi connectivity index (χ0v) is 9.05. The lowest BCUT2D eigenvalue weighted by Gasteiger charge is -2.18. The van der Waals surface area contributed by atoms with Crippen molar-refractivity contribution in [2.24, 2.45) is 0 Å². The van der Waals surface area contributed by atoms with Gasteiger partial charge in [0, 0.05) is 22.2 Å². The normalized spacial score (nSPS) is 12.3. The van der Waals surface area contributed by atoms with Gasteiger partial charge < -0.3 is 0 Å². The lowest BCUT2D eigenvalue weighted by molar-refractivity contribution is 0.568. The molecule has 3 heteroatoms. The third kappa shape index (κ3) is 1.39. The maximum absolute atomic E-state index is 4.58. The van der Waals surface area contributed by atoms with Crippen LogP contribution in [0.3, 0.4) is 0 Å². The maximum Gasteiger partial charge on any atom is 0.0686 e. The van der Waals surface area contributed by atoms with Crippen LogP contribution in [0.25, 0.3) is 10.9 Å². The van der Waals surface area contributed by atoms with Crippen molar-refractivity contribution in [2.75, 3.05) is 0 Å². The molecule has 0 aromatic carbocycles. The van der Waals surface area contributed by atoms with Crippen LogP contribution in [0.2, 0.25) is 0 Å². The molecule has 3 nitrogen and oxygen atoms in total. The molecule has 74 valence electrons. The Labute approximate surface area is 83.6 Å². The highest BCUT2D eigenvalue weighted by Crippen LogP contribution is 2.24. The van der Waals surface area contributed by atoms with Crippen molar-refractivity contribution in [1.82, 2.24) is 15.2 Å². The molecule has 2 aromatic heterocycles. The Morgan fingerprint density at radius 2 is 2.00 bits per heavy atom. The summed E-state index contributed by atoms with van der Waals surface area (Å²) in [6.45, 7) is 8.51. The minimum atomic E-state index is 0.0874. The average molecular weight is 189 g/mol. The fourth-order valence-electron chi connectivity index (χ4n) is 1.49. The monoisotopic (exact) mass is 189 g/mol. The fraction of sp³-hybridized carbons (Fsp3) is 0.455. The third-order valence-electron chi connectivity index (χ3n) is 2.40. The van der Waals surface area contributed by atoms with Crippen LogP contribution in [-0.2, 0) is 5.41 Å². The van der Waals surface area contributed by atoms with Crippen LogP contribution >= 0.6 is 0 Å². The van der Waals surface area contributed by atoms with Crippen LogP contribution in [0.15, 0.2) is 12.3 Å². The number of rotatable bonds is 0. The number of hydrogen-bond acceptors (Lipinski definition) is 2. The van der Waals surface area contributed by atoms with Gasteiger partial charge in [0.2, 0.25) is 0 Å². The molecule has 2 aromatic rings. The number of nitrogens with zero attached hydrogens (tertiary/aromatic N) is 2. The van der Waals surface area contributed by atoms with E-state index in [0.717, 1.165) is 22.3 Å². The molecule has 0 fully saturated rings. The largest absolute Gasteiger partial charge is 0.278 e. The quantitative estimate of drug-likeness (QED) is 0.692. The van der Waals surface area contributed by atoms with Crippen molar-refractivity contribution in [3.63, 3.8) is 0 Å². The van der Waals surface area contributed by atoms with E-state index in [1.54, 1.807) is 0 Å². The number of H-pyrrole nitrogens is 1. The first-order valence-electron chi connectivity index (χ1n) is 4.80. The van der Waals surface area contributed by atoms with E-state index in [4.69, 9.17) is 0 Å². The zero-order valence-electron chi connectivity index (χ0n) is 9.05. The Bertz CT molecular complexity index is 463. The Kier molecular flexibility index (Phi) is 1.84. The van der Waals surface area contributed by atoms with Gasteiger partial charge in [-0.3, -0.25) is 10.1 Å². The minimum absolute atomic E-state index is 0.0874. The van der Waals surface area contributed by atoms with E-state index in [0.29, 0.717) is 0 Å². The number of aromatic nitrogens is 3. The van der Waals surface area contributed by atoms with Gasteiger partial charge in [-0.05, 0) is 13.0 Å². The van der Waals surface area contributed by atoms with Crippen molar-refractivity contribution >= 4 is 10.9 Å². The van der Waals surface area contributed by atoms with Crippen LogP contribution in [-0.4, -0.2) is 15.2 Å². The summed E-state index contributed by atoms with van der Waals surface area (Å²) in [6.07, 6.45) is 1.82. The molecule has 14 heavy (non-hydrogen) atoms. The predicted molar refractivity (Wildman–Crippen MR) is 57.3 cm³/mol. The second-order valence-corrected chi connectivity index (χ2v) is 4.67. The highest BCUT2D eigenvalue weighted by atomic mass is 15.1. The number of aromatic amines is 1. The summed E-state index contributed by atoms with van der Waals surface area (Å²) in [7, 11) is 0. The summed E-state index contributed by atoms with van der Waals surface area (Å²) in [5.41, 5.74) is 3.31. The standard InChI is InChI=1S/C11H15N3/c1-7-8-6-12-14-9(8)5-10(13-7)11(2,3)4/h5-6H,1-4H3,(H,12,14). The molecular formula is C11H15N3. The van der Waals surface area contributed by atoms with Gasteiger partial charge in [0.05, 0.1) is 11.7 Å². The third-order valence-corrected chi connectivity index (χ3v) is 2.40. The Hall–Kier alpha value is -1.38. The first-order valence-corrected chi connectivity index (χ1v) is 4.80. The van der Waals surface area contributed by atoms with E-state index in [1.807, 2.05) is 13.1 Å². The molecule has 0 aliphatic rings. The van der Waals surface area contributed by atoms with Crippen molar-refractivity contribution in [1.29, 1.82) is 0 Å². The molecule has 0 radical (unpaired) electrons. The van der Waals surface area contributed by atoms with E-state index in [9.17, 15) is 0 Å². The number of aryl methyl sites for hydroxylation is 1. The lowest BCUT2D eigenvalue weighted by atomic mass is 9.91. The summed E-state index contributed by atoms with van der Waals surface area (Å²) in [4.78, 5) is 4.58. The summed E-state index contributed by atoms with van der Waals surface area (Å²) < 4.78 is 0. The van der Waals surface area contributed by atoms with Crippen LogP contribution in [0, 0.1) is 6.92 Å². The SMILES string of the molecule is Cc1nc(C(C)(C)C)cc2[nH]ncc12. The number of fused-ring (bicyclic) bond motifs is 1. The molecule has 0 aliphatic carbocycles. The molecule has 2 heterocycles. The van der Waals surface area contributed by atoms with Crippen molar-refractivity contribution < 1.29 is 0 Å². The van der Waals surface area contributed by atoms with Crippen molar-refractivity contribution in [3.8, 4) is 0 Å². The summed E-state index contributed by atoms with van der Waals surface area (Å²) >= 11 is 0. The van der Waals surface area contributed by atoms with Gasteiger partial charge in [0.15, 0.2) is 0 Å². The van der Waals surface area contributed by atoms with Crippen LogP contribution in [0.1, 0.15) is 32.2 Å². The number of nitrogens with one attached hydrogen (secondary N) is 1. The summed E-state index contributed by atoms with van der Waals surface area (Å²) in [5, 5.41) is 8.11. The Morgan fingerprint density at radius 1 is 1.29 bits per heavy atom. The first kappa shape index (κ1) is 9.19. The minimum Gasteiger partial charge on any atom is -0.278 e. The molecule has 0 saturated carbocycles. The van der Waals surface area contributed by atoms with Crippen molar-refractivity contribution in [3.05, 3.63) is 23.7 Å². The summed E-state index contributed by atoms with van der Waals surface area (Å²) in [5.74, 6) is 0. The van der Waals surface area contributed by atoms with E-state index in [2.05, 4.69) is 42.0 Å². The Balaban J connectivity index is 2.70. The topological polar surface area (TPSA) is 41.6 Å². The zero-order chi connectivity index (χ0) is 10.3. The molecule has 0 atom stereocenters. The highest BCUT2D eigenvalue weighted by molar-refractivity contribution is 5.80. The molecule has 0 spiro atoms. The lowest BCUT2D eigenvalue weighted by Crippen LogP contribution is -2.13. The fourth-order valence-corrected chi connectivity index (χ4v) is 1.49. The Morgan fingerprint density at radius 3 is 2.64 bits per heavy atom. The number of hydrogen-bond donors (Lipinski definition) is 1. The molecule has 2 rings (SSSR count). The van der Waals surface area contributed by atoms with Gasteiger partial charge in [-0.25, -0.2) is 0 Å². The van der Waals surface area contributed by atoms with Gasteiger partial charge >= 0.3 is 0 Å². The molecule has 0 aliphatic heterocycles. The molecule has 0 amide bonds. The number of pyridine rings is 1. The van der Waals surface area contributed by atoms with Crippen molar-refractivity contribution in [2.45, 2.75) is 33.1 Å². The smallest absolute Gasteiger partial charge is 0.0686 e. The molecule has 1 N–H and O–H groups in total. The van der Waals surface area contributed by atoms with Gasteiger partial charge in [0.1, 0.15) is 0 Å². The second-order valence-electron chi connectivity index (χ2n) is 4.67. The van der Waals surface area contributed by atoms with Crippen LogP contribution < -0.4 is 0 Å². The summed E-state index contributed by atoms with van der Waals surface area (Å²) in [6, 6.07) is 2.08. The highest BCUT2D eigenvalue weighted by Gasteiger charge is 2.17. The van der Waals surface area contributed by atoms with E-state index < -0.39 is 0 Å². The molecular weight excluding hydrogens is 174 g/mol. The van der Waals surface area contributed by atoms with Gasteiger partial charge in [-0.15, -0.1) is 0 Å². The molecule has 0 bridgehead atoms. The van der Waals surface area contributed by atoms with Crippen LogP contribution in [0.4, 0.5) is 0 Å². The average Bonchev–Trinajstić information content (AvgIpc) is 2.50. The first-order chi connectivity index (χ1) is 6.48.